The van der Waals surface area contributed by atoms with Crippen LogP contribution in [0, 0.1) is 36.5 Å². The van der Waals surface area contributed by atoms with Gasteiger partial charge in [-0.25, -0.2) is 4.98 Å². The Morgan fingerprint density at radius 2 is 1.72 bits per heavy atom. The fourth-order valence-electron chi connectivity index (χ4n) is 4.34. The number of benzene rings is 3. The molecule has 0 amide bonds. The Bertz CT molecular complexity index is 1480. The molecule has 2 N–H and O–H groups in total. The molecule has 0 radical (unpaired) electrons. The van der Waals surface area contributed by atoms with E-state index in [0.717, 1.165) is 69.6 Å². The van der Waals surface area contributed by atoms with Crippen molar-refractivity contribution in [2.24, 2.45) is 0 Å². The number of allylic oxidation sites excluding steroid dienone is 1. The zero-order valence-electron chi connectivity index (χ0n) is 20.8. The van der Waals surface area contributed by atoms with Crippen LogP contribution in [0.5, 0.6) is 0 Å². The summed E-state index contributed by atoms with van der Waals surface area (Å²) in [5.74, 6) is 1.28. The molecule has 1 aromatic heterocycles. The standard InChI is InChI=1S/C30H28N6/c1-4-5-16-33-29-26-10-6-9-25(27-20(2)17-23(8-7-15-31)18-21(27)3)28(26)35-30(36-29)34-24-13-11-22(19-32)12-14-24/h6-14,17-18H,4-5,16H2,1-3H3,(H2,33,34,35,36)/b8-7+. The fraction of sp³-hybridized carbons (Fsp3) is 0.200. The van der Waals surface area contributed by atoms with Crippen LogP contribution in [-0.4, -0.2) is 16.5 Å². The van der Waals surface area contributed by atoms with E-state index in [1.807, 2.05) is 30.3 Å². The van der Waals surface area contributed by atoms with Gasteiger partial charge in [-0.05, 0) is 78.9 Å². The highest BCUT2D eigenvalue weighted by Gasteiger charge is 2.16. The molecular weight excluding hydrogens is 444 g/mol. The lowest BCUT2D eigenvalue weighted by atomic mass is 9.92. The van der Waals surface area contributed by atoms with E-state index < -0.39 is 0 Å². The molecule has 0 spiro atoms. The van der Waals surface area contributed by atoms with E-state index in [0.29, 0.717) is 11.5 Å². The Kier molecular flexibility index (Phi) is 7.58. The lowest BCUT2D eigenvalue weighted by Gasteiger charge is -2.17. The van der Waals surface area contributed by atoms with Crippen LogP contribution in [0.3, 0.4) is 0 Å². The Morgan fingerprint density at radius 3 is 2.39 bits per heavy atom. The van der Waals surface area contributed by atoms with E-state index in [1.165, 1.54) is 6.08 Å². The van der Waals surface area contributed by atoms with E-state index in [9.17, 15) is 0 Å². The number of hydrogen-bond acceptors (Lipinski definition) is 6. The zero-order valence-corrected chi connectivity index (χ0v) is 20.8. The van der Waals surface area contributed by atoms with Gasteiger partial charge < -0.3 is 10.6 Å². The normalized spacial score (nSPS) is 10.8. The van der Waals surface area contributed by atoms with Crippen molar-refractivity contribution in [2.45, 2.75) is 33.6 Å². The van der Waals surface area contributed by atoms with Crippen molar-refractivity contribution in [3.05, 3.63) is 82.9 Å². The maximum Gasteiger partial charge on any atom is 0.229 e. The van der Waals surface area contributed by atoms with Gasteiger partial charge in [0.2, 0.25) is 5.95 Å². The van der Waals surface area contributed by atoms with Gasteiger partial charge in [0.1, 0.15) is 5.82 Å². The van der Waals surface area contributed by atoms with E-state index >= 15 is 0 Å². The molecule has 3 aromatic carbocycles. The molecule has 36 heavy (non-hydrogen) atoms. The summed E-state index contributed by atoms with van der Waals surface area (Å²) in [6.07, 6.45) is 5.45. The van der Waals surface area contributed by atoms with Crippen LogP contribution in [0.4, 0.5) is 17.5 Å². The molecule has 0 bridgehead atoms. The second-order valence-electron chi connectivity index (χ2n) is 8.68. The highest BCUT2D eigenvalue weighted by molar-refractivity contribution is 6.01. The number of aryl methyl sites for hydroxylation is 2. The monoisotopic (exact) mass is 472 g/mol. The molecule has 0 aliphatic rings. The summed E-state index contributed by atoms with van der Waals surface area (Å²) >= 11 is 0. The maximum atomic E-state index is 9.10. The summed E-state index contributed by atoms with van der Waals surface area (Å²) in [6.45, 7) is 7.16. The minimum absolute atomic E-state index is 0.488. The predicted molar refractivity (Wildman–Crippen MR) is 147 cm³/mol. The lowest BCUT2D eigenvalue weighted by molar-refractivity contribution is 0.832. The van der Waals surface area contributed by atoms with Crippen LogP contribution < -0.4 is 10.6 Å². The SMILES string of the molecule is CCCCNc1nc(Nc2ccc(C#N)cc2)nc2c(-c3c(C)cc(/C=C/C#N)cc3C)cccc12. The number of para-hydroxylation sites is 1. The average molecular weight is 473 g/mol. The lowest BCUT2D eigenvalue weighted by Crippen LogP contribution is -2.07. The van der Waals surface area contributed by atoms with Gasteiger partial charge in [0.15, 0.2) is 0 Å². The quantitative estimate of drug-likeness (QED) is 0.207. The van der Waals surface area contributed by atoms with Crippen molar-refractivity contribution in [2.75, 3.05) is 17.2 Å². The summed E-state index contributed by atoms with van der Waals surface area (Å²) in [6, 6.07) is 21.8. The number of nitriles is 2. The molecule has 6 heteroatoms. The Morgan fingerprint density at radius 1 is 0.972 bits per heavy atom. The number of aromatic nitrogens is 2. The molecule has 0 saturated heterocycles. The number of hydrogen-bond donors (Lipinski definition) is 2. The second-order valence-corrected chi connectivity index (χ2v) is 8.68. The van der Waals surface area contributed by atoms with Crippen LogP contribution in [0.1, 0.15) is 42.0 Å². The highest BCUT2D eigenvalue weighted by atomic mass is 15.1. The predicted octanol–water partition coefficient (Wildman–Crippen LogP) is 7.28. The van der Waals surface area contributed by atoms with Crippen LogP contribution in [-0.2, 0) is 0 Å². The van der Waals surface area contributed by atoms with Crippen molar-refractivity contribution < 1.29 is 0 Å². The summed E-state index contributed by atoms with van der Waals surface area (Å²) in [4.78, 5) is 9.75. The van der Waals surface area contributed by atoms with Crippen LogP contribution >= 0.6 is 0 Å². The maximum absolute atomic E-state index is 9.10. The summed E-state index contributed by atoms with van der Waals surface area (Å²) in [7, 11) is 0. The Labute approximate surface area is 212 Å². The van der Waals surface area contributed by atoms with Crippen molar-refractivity contribution in [1.29, 1.82) is 10.5 Å². The summed E-state index contributed by atoms with van der Waals surface area (Å²) < 4.78 is 0. The van der Waals surface area contributed by atoms with E-state index in [1.54, 1.807) is 12.1 Å². The molecular formula is C30H28N6. The second kappa shape index (κ2) is 11.2. The van der Waals surface area contributed by atoms with Crippen LogP contribution in [0.2, 0.25) is 0 Å². The largest absolute Gasteiger partial charge is 0.369 e. The summed E-state index contributed by atoms with van der Waals surface area (Å²) in [5.41, 5.74) is 7.64. The third-order valence-electron chi connectivity index (χ3n) is 5.99. The van der Waals surface area contributed by atoms with E-state index in [-0.39, 0.29) is 0 Å². The smallest absolute Gasteiger partial charge is 0.229 e. The third-order valence-corrected chi connectivity index (χ3v) is 5.99. The van der Waals surface area contributed by atoms with Gasteiger partial charge in [-0.15, -0.1) is 0 Å². The van der Waals surface area contributed by atoms with Crippen molar-refractivity contribution in [1.82, 2.24) is 9.97 Å². The first-order valence-electron chi connectivity index (χ1n) is 12.0. The van der Waals surface area contributed by atoms with Gasteiger partial charge >= 0.3 is 0 Å². The van der Waals surface area contributed by atoms with Crippen LogP contribution in [0.15, 0.2) is 60.7 Å². The van der Waals surface area contributed by atoms with Gasteiger partial charge in [-0.2, -0.15) is 15.5 Å². The van der Waals surface area contributed by atoms with Gasteiger partial charge in [0.05, 0.1) is 23.2 Å². The first-order chi connectivity index (χ1) is 17.5. The third kappa shape index (κ3) is 5.35. The first-order valence-corrected chi connectivity index (χ1v) is 12.0. The number of nitrogens with one attached hydrogen (secondary N) is 2. The molecule has 0 aliphatic heterocycles. The van der Waals surface area contributed by atoms with E-state index in [2.05, 4.69) is 61.7 Å². The summed E-state index contributed by atoms with van der Waals surface area (Å²) in [5, 5.41) is 25.8. The molecule has 4 rings (SSSR count). The van der Waals surface area contributed by atoms with Gasteiger partial charge in [0, 0.05) is 29.3 Å². The first kappa shape index (κ1) is 24.4. The molecule has 4 aromatic rings. The number of fused-ring (bicyclic) bond motifs is 1. The fourth-order valence-corrected chi connectivity index (χ4v) is 4.34. The minimum atomic E-state index is 0.488. The van der Waals surface area contributed by atoms with E-state index in [4.69, 9.17) is 20.5 Å². The Hall–Kier alpha value is -4.68. The topological polar surface area (TPSA) is 97.4 Å². The number of rotatable bonds is 8. The molecule has 178 valence electrons. The zero-order chi connectivity index (χ0) is 25.5. The van der Waals surface area contributed by atoms with Crippen LogP contribution in [0.25, 0.3) is 28.1 Å². The molecule has 0 fully saturated rings. The molecule has 1 heterocycles. The highest BCUT2D eigenvalue weighted by Crippen LogP contribution is 2.36. The molecule has 0 unspecified atom stereocenters. The van der Waals surface area contributed by atoms with Crippen molar-refractivity contribution in [3.8, 4) is 23.3 Å². The number of nitrogens with zero attached hydrogens (tertiary/aromatic N) is 4. The number of unbranched alkanes of at least 4 members (excludes halogenated alkanes) is 1. The molecule has 6 nitrogen and oxygen atoms in total. The van der Waals surface area contributed by atoms with Crippen molar-refractivity contribution >= 4 is 34.4 Å². The number of anilines is 3. The van der Waals surface area contributed by atoms with Gasteiger partial charge in [0.25, 0.3) is 0 Å². The van der Waals surface area contributed by atoms with Gasteiger partial charge in [-0.1, -0.05) is 37.6 Å². The van der Waals surface area contributed by atoms with Gasteiger partial charge in [-0.3, -0.25) is 0 Å². The molecule has 0 aliphatic carbocycles. The van der Waals surface area contributed by atoms with Crippen molar-refractivity contribution in [3.63, 3.8) is 0 Å². The average Bonchev–Trinajstić information content (AvgIpc) is 2.88. The molecule has 0 saturated carbocycles. The Balaban J connectivity index is 1.86. The molecule has 0 atom stereocenters. The minimum Gasteiger partial charge on any atom is -0.369 e.